The fraction of sp³-hybridized carbons (Fsp3) is 0.444. The molecule has 1 aliphatic carbocycles. The van der Waals surface area contributed by atoms with Gasteiger partial charge in [-0.3, -0.25) is 0 Å². The molecule has 2 aromatic rings. The first-order chi connectivity index (χ1) is 9.22. The molecule has 1 heteroatoms. The van der Waals surface area contributed by atoms with E-state index in [1.54, 1.807) is 0 Å². The summed E-state index contributed by atoms with van der Waals surface area (Å²) in [4.78, 5) is 0. The number of rotatable bonds is 3. The molecular formula is C18H23N. The Bertz CT molecular complexity index is 569. The van der Waals surface area contributed by atoms with Crippen LogP contribution in [-0.4, -0.2) is 6.54 Å². The third kappa shape index (κ3) is 2.40. The van der Waals surface area contributed by atoms with Gasteiger partial charge >= 0.3 is 0 Å². The molecule has 0 heterocycles. The van der Waals surface area contributed by atoms with Gasteiger partial charge in [-0.2, -0.15) is 0 Å². The molecule has 0 aromatic heterocycles. The van der Waals surface area contributed by atoms with Crippen molar-refractivity contribution in [3.63, 3.8) is 0 Å². The van der Waals surface area contributed by atoms with E-state index in [1.807, 2.05) is 0 Å². The topological polar surface area (TPSA) is 26.0 Å². The maximum atomic E-state index is 6.12. The number of hydrogen-bond acceptors (Lipinski definition) is 1. The zero-order chi connectivity index (χ0) is 13.3. The van der Waals surface area contributed by atoms with E-state index in [0.717, 1.165) is 18.9 Å². The van der Waals surface area contributed by atoms with E-state index in [9.17, 15) is 0 Å². The summed E-state index contributed by atoms with van der Waals surface area (Å²) in [6.07, 6.45) is 5.04. The minimum atomic E-state index is 0.337. The zero-order valence-corrected chi connectivity index (χ0v) is 11.7. The van der Waals surface area contributed by atoms with E-state index in [0.29, 0.717) is 5.41 Å². The van der Waals surface area contributed by atoms with Crippen LogP contribution in [0, 0.1) is 11.3 Å². The Morgan fingerprint density at radius 1 is 1.16 bits per heavy atom. The minimum absolute atomic E-state index is 0.337. The Kier molecular flexibility index (Phi) is 3.32. The van der Waals surface area contributed by atoms with Crippen molar-refractivity contribution in [2.45, 2.75) is 32.6 Å². The van der Waals surface area contributed by atoms with Gasteiger partial charge in [0, 0.05) is 0 Å². The predicted octanol–water partition coefficient (Wildman–Crippen LogP) is 4.15. The summed E-state index contributed by atoms with van der Waals surface area (Å²) >= 11 is 0. The fourth-order valence-electron chi connectivity index (χ4n) is 3.76. The molecule has 1 aliphatic rings. The first kappa shape index (κ1) is 12.7. The van der Waals surface area contributed by atoms with Crippen LogP contribution in [0.25, 0.3) is 10.8 Å². The van der Waals surface area contributed by atoms with Crippen molar-refractivity contribution >= 4 is 10.8 Å². The van der Waals surface area contributed by atoms with E-state index in [-0.39, 0.29) is 0 Å². The lowest BCUT2D eigenvalue weighted by Gasteiger charge is -2.28. The summed E-state index contributed by atoms with van der Waals surface area (Å²) < 4.78 is 0. The van der Waals surface area contributed by atoms with Crippen molar-refractivity contribution in [3.8, 4) is 0 Å². The average molecular weight is 253 g/mol. The Hall–Kier alpha value is -1.34. The third-order valence-corrected chi connectivity index (χ3v) is 4.83. The van der Waals surface area contributed by atoms with Crippen molar-refractivity contribution in [1.29, 1.82) is 0 Å². The summed E-state index contributed by atoms with van der Waals surface area (Å²) in [5, 5.41) is 2.75. The lowest BCUT2D eigenvalue weighted by Crippen LogP contribution is -2.30. The van der Waals surface area contributed by atoms with Gasteiger partial charge in [0.2, 0.25) is 0 Å². The SMILES string of the molecule is CC1CCC(CN)(Cc2cccc3ccccc23)C1. The summed E-state index contributed by atoms with van der Waals surface area (Å²) in [6, 6.07) is 15.4. The highest BCUT2D eigenvalue weighted by atomic mass is 14.6. The molecule has 0 spiro atoms. The molecule has 2 unspecified atom stereocenters. The Balaban J connectivity index is 1.97. The first-order valence-electron chi connectivity index (χ1n) is 7.39. The van der Waals surface area contributed by atoms with Crippen LogP contribution in [0.2, 0.25) is 0 Å². The Morgan fingerprint density at radius 2 is 1.95 bits per heavy atom. The van der Waals surface area contributed by atoms with Gasteiger partial charge in [-0.1, -0.05) is 55.8 Å². The van der Waals surface area contributed by atoms with Crippen LogP contribution in [-0.2, 0) is 6.42 Å². The Morgan fingerprint density at radius 3 is 2.68 bits per heavy atom. The molecule has 1 saturated carbocycles. The van der Waals surface area contributed by atoms with Crippen LogP contribution in [0.5, 0.6) is 0 Å². The van der Waals surface area contributed by atoms with Crippen molar-refractivity contribution in [1.82, 2.24) is 0 Å². The third-order valence-electron chi connectivity index (χ3n) is 4.83. The molecule has 1 nitrogen and oxygen atoms in total. The molecule has 0 amide bonds. The van der Waals surface area contributed by atoms with Gasteiger partial charge < -0.3 is 5.73 Å². The molecule has 2 N–H and O–H groups in total. The molecule has 3 rings (SSSR count). The molecule has 0 aliphatic heterocycles. The second-order valence-corrected chi connectivity index (χ2v) is 6.37. The van der Waals surface area contributed by atoms with E-state index >= 15 is 0 Å². The summed E-state index contributed by atoms with van der Waals surface area (Å²) in [6.45, 7) is 3.18. The van der Waals surface area contributed by atoms with Crippen LogP contribution in [0.3, 0.4) is 0 Å². The molecule has 19 heavy (non-hydrogen) atoms. The van der Waals surface area contributed by atoms with Crippen LogP contribution in [0.15, 0.2) is 42.5 Å². The van der Waals surface area contributed by atoms with Crippen LogP contribution < -0.4 is 5.73 Å². The van der Waals surface area contributed by atoms with Crippen LogP contribution >= 0.6 is 0 Å². The second kappa shape index (κ2) is 4.97. The van der Waals surface area contributed by atoms with Crippen LogP contribution in [0.4, 0.5) is 0 Å². The summed E-state index contributed by atoms with van der Waals surface area (Å²) in [5.41, 5.74) is 7.93. The standard InChI is InChI=1S/C18H23N/c1-14-9-10-18(11-14,13-19)12-16-7-4-6-15-5-2-3-8-17(15)16/h2-8,14H,9-13,19H2,1H3. The van der Waals surface area contributed by atoms with Crippen molar-refractivity contribution in [2.75, 3.05) is 6.54 Å². The molecule has 0 radical (unpaired) electrons. The fourth-order valence-corrected chi connectivity index (χ4v) is 3.76. The highest BCUT2D eigenvalue weighted by Gasteiger charge is 2.36. The number of benzene rings is 2. The number of nitrogens with two attached hydrogens (primary N) is 1. The molecular weight excluding hydrogens is 230 g/mol. The van der Waals surface area contributed by atoms with E-state index in [2.05, 4.69) is 49.4 Å². The van der Waals surface area contributed by atoms with E-state index < -0.39 is 0 Å². The quantitative estimate of drug-likeness (QED) is 0.873. The van der Waals surface area contributed by atoms with Gasteiger partial charge in [-0.25, -0.2) is 0 Å². The smallest absolute Gasteiger partial charge is 0.00172 e. The van der Waals surface area contributed by atoms with Crippen LogP contribution in [0.1, 0.15) is 31.7 Å². The van der Waals surface area contributed by atoms with Gasteiger partial charge in [-0.05, 0) is 53.5 Å². The van der Waals surface area contributed by atoms with Crippen molar-refractivity contribution < 1.29 is 0 Å². The normalized spacial score (nSPS) is 26.9. The van der Waals surface area contributed by atoms with Crippen molar-refractivity contribution in [2.24, 2.45) is 17.1 Å². The summed E-state index contributed by atoms with van der Waals surface area (Å²) in [5.74, 6) is 0.832. The maximum Gasteiger partial charge on any atom is -0.00172 e. The van der Waals surface area contributed by atoms with Gasteiger partial charge in [0.25, 0.3) is 0 Å². The maximum absolute atomic E-state index is 6.12. The molecule has 2 atom stereocenters. The van der Waals surface area contributed by atoms with Gasteiger partial charge in [0.1, 0.15) is 0 Å². The van der Waals surface area contributed by atoms with Gasteiger partial charge in [0.15, 0.2) is 0 Å². The van der Waals surface area contributed by atoms with Gasteiger partial charge in [0.05, 0.1) is 0 Å². The largest absolute Gasteiger partial charge is 0.330 e. The first-order valence-corrected chi connectivity index (χ1v) is 7.39. The zero-order valence-electron chi connectivity index (χ0n) is 11.7. The molecule has 100 valence electrons. The number of hydrogen-bond donors (Lipinski definition) is 1. The van der Waals surface area contributed by atoms with Gasteiger partial charge in [-0.15, -0.1) is 0 Å². The number of fused-ring (bicyclic) bond motifs is 1. The Labute approximate surface area is 115 Å². The highest BCUT2D eigenvalue weighted by Crippen LogP contribution is 2.44. The van der Waals surface area contributed by atoms with Crippen molar-refractivity contribution in [3.05, 3.63) is 48.0 Å². The molecule has 1 fully saturated rings. The van der Waals surface area contributed by atoms with E-state index in [1.165, 1.54) is 35.6 Å². The van der Waals surface area contributed by atoms with E-state index in [4.69, 9.17) is 5.73 Å². The monoisotopic (exact) mass is 253 g/mol. The molecule has 0 bridgehead atoms. The lowest BCUT2D eigenvalue weighted by molar-refractivity contribution is 0.296. The summed E-state index contributed by atoms with van der Waals surface area (Å²) in [7, 11) is 0. The minimum Gasteiger partial charge on any atom is -0.330 e. The average Bonchev–Trinajstić information content (AvgIpc) is 2.81. The highest BCUT2D eigenvalue weighted by molar-refractivity contribution is 5.85. The second-order valence-electron chi connectivity index (χ2n) is 6.37. The molecule has 2 aromatic carbocycles. The lowest BCUT2D eigenvalue weighted by atomic mass is 9.78. The molecule has 0 saturated heterocycles. The predicted molar refractivity (Wildman–Crippen MR) is 82.2 cm³/mol.